The first-order valence-corrected chi connectivity index (χ1v) is 10.9. The molecule has 0 aliphatic heterocycles. The van der Waals surface area contributed by atoms with Gasteiger partial charge in [-0.1, -0.05) is 104 Å². The first-order valence-electron chi connectivity index (χ1n) is 10.9. The predicted molar refractivity (Wildman–Crippen MR) is 156 cm³/mol. The summed E-state index contributed by atoms with van der Waals surface area (Å²) in [5.74, 6) is -0.953. The Labute approximate surface area is 226 Å². The molecule has 3 rings (SSSR count). The van der Waals surface area contributed by atoms with E-state index in [1.165, 1.54) is 24.5 Å². The Hall–Kier alpha value is -2.76. The molecule has 0 unspecified atom stereocenters. The first kappa shape index (κ1) is 41.4. The highest BCUT2D eigenvalue weighted by atomic mass is 18.2. The van der Waals surface area contributed by atoms with E-state index in [-0.39, 0.29) is 57.7 Å². The molecule has 0 amide bonds. The van der Waals surface area contributed by atoms with E-state index in [2.05, 4.69) is 35.7 Å². The minimum absolute atomic E-state index is 0. The van der Waals surface area contributed by atoms with Crippen LogP contribution in [0.1, 0.15) is 109 Å². The molecule has 0 aromatic carbocycles. The maximum Gasteiger partial charge on any atom is 0.216 e. The maximum atomic E-state index is 13.0. The molecule has 0 spiro atoms. The molecule has 0 aliphatic carbocycles. The van der Waals surface area contributed by atoms with Crippen LogP contribution in [0.5, 0.6) is 0 Å². The van der Waals surface area contributed by atoms with Crippen molar-refractivity contribution in [3.63, 3.8) is 0 Å². The number of hydrogen-bond donors (Lipinski definition) is 0. The number of pyridine rings is 3. The Morgan fingerprint density at radius 1 is 0.568 bits per heavy atom. The summed E-state index contributed by atoms with van der Waals surface area (Å²) in [6.07, 6.45) is 6.08. The van der Waals surface area contributed by atoms with E-state index in [1.54, 1.807) is 30.6 Å². The highest BCUT2D eigenvalue weighted by molar-refractivity contribution is 5.21. The SMILES string of the molecule is C.C.C.C.CC(C)(C)c1ccc([18F])nc1.CC(C)(C)c1cccnc1[18F].CC(C)(C)c1cnccc1[18F]. The average molecular weight is 521 g/mol. The fraction of sp³-hybridized carbons (Fsp3) is 0.516. The molecule has 0 bridgehead atoms. The van der Waals surface area contributed by atoms with Crippen LogP contribution in [0, 0.1) is 17.7 Å². The summed E-state index contributed by atoms with van der Waals surface area (Å²) in [6, 6.07) is 8.06. The van der Waals surface area contributed by atoms with Gasteiger partial charge in [-0.2, -0.15) is 8.78 Å². The summed E-state index contributed by atoms with van der Waals surface area (Å²) >= 11 is 0. The zero-order valence-corrected chi connectivity index (χ0v) is 21.2. The van der Waals surface area contributed by atoms with Crippen LogP contribution in [-0.2, 0) is 16.2 Å². The van der Waals surface area contributed by atoms with Crippen molar-refractivity contribution in [3.05, 3.63) is 89.5 Å². The van der Waals surface area contributed by atoms with Gasteiger partial charge in [-0.25, -0.2) is 14.4 Å². The minimum Gasteiger partial charge on any atom is -0.264 e. The fourth-order valence-corrected chi connectivity index (χ4v) is 2.69. The first-order chi connectivity index (χ1) is 15.0. The van der Waals surface area contributed by atoms with Crippen LogP contribution < -0.4 is 0 Å². The third-order valence-electron chi connectivity index (χ3n) is 4.74. The molecule has 3 heterocycles. The zero-order chi connectivity index (χ0) is 25.4. The normalized spacial score (nSPS) is 10.4. The molecule has 6 heteroatoms. The molecule has 0 saturated heterocycles. The lowest BCUT2D eigenvalue weighted by Crippen LogP contribution is -2.14. The molecule has 0 N–H and O–H groups in total. The largest absolute Gasteiger partial charge is 0.264 e. The van der Waals surface area contributed by atoms with Gasteiger partial charge in [0.05, 0.1) is 0 Å². The third-order valence-corrected chi connectivity index (χ3v) is 4.74. The quantitative estimate of drug-likeness (QED) is 0.277. The second-order valence-electron chi connectivity index (χ2n) is 10.8. The topological polar surface area (TPSA) is 38.7 Å². The summed E-state index contributed by atoms with van der Waals surface area (Å²) in [5, 5.41) is 0. The zero-order valence-electron chi connectivity index (χ0n) is 21.2. The van der Waals surface area contributed by atoms with Gasteiger partial charge in [-0.15, -0.1) is 0 Å². The molecule has 3 nitrogen and oxygen atoms in total. The number of rotatable bonds is 0. The van der Waals surface area contributed by atoms with Gasteiger partial charge in [0.15, 0.2) is 0 Å². The van der Waals surface area contributed by atoms with Crippen LogP contribution in [0.4, 0.5) is 13.2 Å². The lowest BCUT2D eigenvalue weighted by atomic mass is 9.88. The average Bonchev–Trinajstić information content (AvgIpc) is 2.67. The number of halogens is 3. The molecule has 3 aromatic heterocycles. The molecule has 0 atom stereocenters. The van der Waals surface area contributed by atoms with E-state index in [0.29, 0.717) is 11.1 Å². The van der Waals surface area contributed by atoms with E-state index >= 15 is 0 Å². The number of aromatic nitrogens is 3. The van der Waals surface area contributed by atoms with Gasteiger partial charge < -0.3 is 0 Å². The van der Waals surface area contributed by atoms with Gasteiger partial charge >= 0.3 is 0 Å². The van der Waals surface area contributed by atoms with Crippen LogP contribution in [0.15, 0.2) is 55.1 Å². The van der Waals surface area contributed by atoms with Crippen molar-refractivity contribution < 1.29 is 13.2 Å². The summed E-state index contributed by atoms with van der Waals surface area (Å²) in [5.41, 5.74) is 2.14. The fourth-order valence-electron chi connectivity index (χ4n) is 2.69. The van der Waals surface area contributed by atoms with Crippen molar-refractivity contribution in [3.8, 4) is 0 Å². The van der Waals surface area contributed by atoms with Crippen molar-refractivity contribution in [2.75, 3.05) is 0 Å². The van der Waals surface area contributed by atoms with Crippen LogP contribution >= 0.6 is 0 Å². The van der Waals surface area contributed by atoms with Crippen LogP contribution in [-0.4, -0.2) is 15.0 Å². The molecule has 3 aromatic rings. The Kier molecular flexibility index (Phi) is 18.9. The van der Waals surface area contributed by atoms with E-state index in [4.69, 9.17) is 0 Å². The lowest BCUT2D eigenvalue weighted by molar-refractivity contribution is 0.499. The second kappa shape index (κ2) is 16.9. The molecule has 212 valence electrons. The maximum absolute atomic E-state index is 13.0. The molecular formula is C31H52F3N3. The molecule has 0 saturated carbocycles. The van der Waals surface area contributed by atoms with Crippen molar-refractivity contribution in [2.24, 2.45) is 0 Å². The highest BCUT2D eigenvalue weighted by Crippen LogP contribution is 2.24. The van der Waals surface area contributed by atoms with Gasteiger partial charge in [0, 0.05) is 35.9 Å². The molecule has 37 heavy (non-hydrogen) atoms. The van der Waals surface area contributed by atoms with Crippen molar-refractivity contribution in [1.29, 1.82) is 0 Å². The summed E-state index contributed by atoms with van der Waals surface area (Å²) in [4.78, 5) is 11.0. The van der Waals surface area contributed by atoms with E-state index in [1.807, 2.05) is 41.5 Å². The van der Waals surface area contributed by atoms with Crippen LogP contribution in [0.2, 0.25) is 0 Å². The third kappa shape index (κ3) is 14.5. The van der Waals surface area contributed by atoms with Gasteiger partial charge in [-0.3, -0.25) is 4.98 Å². The standard InChI is InChI=1S/3C9H12FN.4CH4/c1-9(2,3)7-6-11-5-4-8(7)10;1-9(2,3)7-4-5-8(10)11-6-7;1-9(2,3)7-5-4-6-11-8(7)10;;;;/h3*4-6H,1-3H3;4*1H4/i3*10-1;;;;. The Bertz CT molecular complexity index is 942. The van der Waals surface area contributed by atoms with Gasteiger partial charge in [-0.05, 0) is 40.0 Å². The minimum atomic E-state index is -0.419. The molecule has 0 radical (unpaired) electrons. The Morgan fingerprint density at radius 3 is 1.43 bits per heavy atom. The highest BCUT2D eigenvalue weighted by Gasteiger charge is 2.18. The van der Waals surface area contributed by atoms with E-state index in [9.17, 15) is 13.2 Å². The number of hydrogen-bond acceptors (Lipinski definition) is 3. The number of nitrogens with zero attached hydrogens (tertiary/aromatic N) is 3. The Morgan fingerprint density at radius 2 is 1.11 bits per heavy atom. The second-order valence-corrected chi connectivity index (χ2v) is 10.8. The van der Waals surface area contributed by atoms with Gasteiger partial charge in [0.2, 0.25) is 11.9 Å². The molecule has 0 aliphatic rings. The summed E-state index contributed by atoms with van der Waals surface area (Å²) < 4.78 is 38.4. The summed E-state index contributed by atoms with van der Waals surface area (Å²) in [7, 11) is 0. The van der Waals surface area contributed by atoms with Gasteiger partial charge in [0.25, 0.3) is 0 Å². The lowest BCUT2D eigenvalue weighted by Gasteiger charge is -2.18. The monoisotopic (exact) mass is 520 g/mol. The smallest absolute Gasteiger partial charge is 0.216 e. The molecular weight excluding hydrogens is 468 g/mol. The van der Waals surface area contributed by atoms with Crippen molar-refractivity contribution in [2.45, 2.75) is 108 Å². The van der Waals surface area contributed by atoms with Crippen molar-refractivity contribution >= 4 is 0 Å². The Balaban J connectivity index is -0.000000209. The van der Waals surface area contributed by atoms with E-state index in [0.717, 1.165) is 5.56 Å². The van der Waals surface area contributed by atoms with Crippen LogP contribution in [0.25, 0.3) is 0 Å². The molecule has 0 fully saturated rings. The summed E-state index contributed by atoms with van der Waals surface area (Å²) in [6.45, 7) is 18.0. The van der Waals surface area contributed by atoms with E-state index < -0.39 is 5.95 Å². The van der Waals surface area contributed by atoms with Gasteiger partial charge in [0.1, 0.15) is 5.82 Å². The van der Waals surface area contributed by atoms with Crippen molar-refractivity contribution in [1.82, 2.24) is 15.0 Å². The predicted octanol–water partition coefficient (Wildman–Crippen LogP) is 10.1. The van der Waals surface area contributed by atoms with Crippen LogP contribution in [0.3, 0.4) is 0 Å².